The second-order valence-corrected chi connectivity index (χ2v) is 6.89. The van der Waals surface area contributed by atoms with Gasteiger partial charge in [0, 0.05) is 13.1 Å². The van der Waals surface area contributed by atoms with Gasteiger partial charge in [0.2, 0.25) is 0 Å². The molecule has 0 unspecified atom stereocenters. The quantitative estimate of drug-likeness (QED) is 0.833. The van der Waals surface area contributed by atoms with Crippen molar-refractivity contribution in [1.82, 2.24) is 10.2 Å². The number of benzene rings is 1. The molecule has 1 heterocycles. The Kier molecular flexibility index (Phi) is 6.91. The number of carbonyl (C=O) groups is 1. The third-order valence-corrected chi connectivity index (χ3v) is 4.54. The summed E-state index contributed by atoms with van der Waals surface area (Å²) in [5.41, 5.74) is 0.472. The number of ether oxygens (including phenoxy) is 2. The number of hydrogen-bond donors (Lipinski definition) is 1. The summed E-state index contributed by atoms with van der Waals surface area (Å²) in [6.07, 6.45) is 2.27. The first-order chi connectivity index (χ1) is 11.5. The molecule has 134 valence electrons. The third kappa shape index (κ3) is 4.87. The van der Waals surface area contributed by atoms with Gasteiger partial charge in [0.1, 0.15) is 17.1 Å². The number of nitrogens with zero attached hydrogens (tertiary/aromatic N) is 1. The first-order valence-corrected chi connectivity index (χ1v) is 8.76. The van der Waals surface area contributed by atoms with Gasteiger partial charge in [-0.25, -0.2) is 0 Å². The average Bonchev–Trinajstić information content (AvgIpc) is 2.59. The number of likely N-dealkylation sites (tertiary alicyclic amines) is 1. The van der Waals surface area contributed by atoms with Gasteiger partial charge in [-0.2, -0.15) is 0 Å². The Labute approximate surface area is 145 Å². The Morgan fingerprint density at radius 1 is 1.21 bits per heavy atom. The van der Waals surface area contributed by atoms with Crippen LogP contribution in [0.1, 0.15) is 37.0 Å². The van der Waals surface area contributed by atoms with Gasteiger partial charge in [-0.3, -0.25) is 4.79 Å². The molecule has 0 aliphatic carbocycles. The molecule has 1 saturated heterocycles. The summed E-state index contributed by atoms with van der Waals surface area (Å²) in [5, 5.41) is 3.06. The summed E-state index contributed by atoms with van der Waals surface area (Å²) < 4.78 is 10.6. The molecule has 5 nitrogen and oxygen atoms in total. The van der Waals surface area contributed by atoms with Crippen molar-refractivity contribution in [3.8, 4) is 11.5 Å². The fraction of sp³-hybridized carbons (Fsp3) is 0.632. The topological polar surface area (TPSA) is 50.8 Å². The molecule has 24 heavy (non-hydrogen) atoms. The van der Waals surface area contributed by atoms with E-state index in [-0.39, 0.29) is 5.91 Å². The lowest BCUT2D eigenvalue weighted by Gasteiger charge is -2.33. The van der Waals surface area contributed by atoms with Gasteiger partial charge >= 0.3 is 0 Å². The zero-order valence-electron chi connectivity index (χ0n) is 15.3. The second-order valence-electron chi connectivity index (χ2n) is 6.89. The fourth-order valence-corrected chi connectivity index (χ4v) is 3.29. The van der Waals surface area contributed by atoms with Crippen molar-refractivity contribution in [1.29, 1.82) is 0 Å². The van der Waals surface area contributed by atoms with E-state index in [2.05, 4.69) is 24.1 Å². The van der Waals surface area contributed by atoms with Crippen LogP contribution in [0.3, 0.4) is 0 Å². The molecule has 0 spiro atoms. The Morgan fingerprint density at radius 2 is 1.79 bits per heavy atom. The highest BCUT2D eigenvalue weighted by Crippen LogP contribution is 2.28. The largest absolute Gasteiger partial charge is 0.496 e. The van der Waals surface area contributed by atoms with Gasteiger partial charge in [0.15, 0.2) is 0 Å². The molecule has 1 N–H and O–H groups in total. The summed E-state index contributed by atoms with van der Waals surface area (Å²) >= 11 is 0. The van der Waals surface area contributed by atoms with Crippen LogP contribution in [0.4, 0.5) is 0 Å². The summed E-state index contributed by atoms with van der Waals surface area (Å²) in [6, 6.07) is 5.38. The maximum atomic E-state index is 12.6. The van der Waals surface area contributed by atoms with Gasteiger partial charge < -0.3 is 19.7 Å². The molecule has 1 aliphatic rings. The Bertz CT molecular complexity index is 515. The van der Waals surface area contributed by atoms with Crippen molar-refractivity contribution in [3.63, 3.8) is 0 Å². The van der Waals surface area contributed by atoms with Crippen molar-refractivity contribution in [2.24, 2.45) is 11.8 Å². The lowest BCUT2D eigenvalue weighted by atomic mass is 9.96. The van der Waals surface area contributed by atoms with E-state index in [1.165, 1.54) is 0 Å². The number of amides is 1. The molecule has 5 heteroatoms. The standard InChI is InChI=1S/C19H30N2O3/c1-14(2)13-21-10-8-15(9-11-21)12-20-19(22)18-16(23-3)6-5-7-17(18)24-4/h5-7,14-15H,8-13H2,1-4H3,(H,20,22). The van der Waals surface area contributed by atoms with E-state index in [0.29, 0.717) is 35.4 Å². The summed E-state index contributed by atoms with van der Waals surface area (Å²) in [4.78, 5) is 15.1. The molecule has 1 aliphatic heterocycles. The monoisotopic (exact) mass is 334 g/mol. The van der Waals surface area contributed by atoms with Crippen LogP contribution in [0, 0.1) is 11.8 Å². The fourth-order valence-electron chi connectivity index (χ4n) is 3.29. The lowest BCUT2D eigenvalue weighted by Crippen LogP contribution is -2.40. The zero-order chi connectivity index (χ0) is 17.5. The van der Waals surface area contributed by atoms with E-state index in [1.54, 1.807) is 26.4 Å². The number of rotatable bonds is 7. The van der Waals surface area contributed by atoms with Crippen LogP contribution in [0.5, 0.6) is 11.5 Å². The smallest absolute Gasteiger partial charge is 0.258 e. The molecular weight excluding hydrogens is 304 g/mol. The van der Waals surface area contributed by atoms with E-state index in [9.17, 15) is 4.79 Å². The minimum atomic E-state index is -0.131. The predicted octanol–water partition coefficient (Wildman–Crippen LogP) is 2.80. The molecular formula is C19H30N2O3. The molecule has 1 fully saturated rings. The highest BCUT2D eigenvalue weighted by molar-refractivity contribution is 5.99. The summed E-state index contributed by atoms with van der Waals surface area (Å²) in [5.74, 6) is 2.20. The normalized spacial score (nSPS) is 16.2. The zero-order valence-corrected chi connectivity index (χ0v) is 15.3. The summed E-state index contributed by atoms with van der Waals surface area (Å²) in [6.45, 7) is 8.63. The maximum absolute atomic E-state index is 12.6. The Hall–Kier alpha value is -1.75. The number of hydrogen-bond acceptors (Lipinski definition) is 4. The highest BCUT2D eigenvalue weighted by Gasteiger charge is 2.22. The van der Waals surface area contributed by atoms with Crippen molar-refractivity contribution < 1.29 is 14.3 Å². The molecule has 0 bridgehead atoms. The van der Waals surface area contributed by atoms with Crippen LogP contribution < -0.4 is 14.8 Å². The summed E-state index contributed by atoms with van der Waals surface area (Å²) in [7, 11) is 3.13. The van der Waals surface area contributed by atoms with E-state index in [1.807, 2.05) is 6.07 Å². The first-order valence-electron chi connectivity index (χ1n) is 8.76. The van der Waals surface area contributed by atoms with E-state index in [0.717, 1.165) is 32.5 Å². The Balaban J connectivity index is 1.88. The maximum Gasteiger partial charge on any atom is 0.258 e. The van der Waals surface area contributed by atoms with Crippen LogP contribution in [-0.4, -0.2) is 51.2 Å². The van der Waals surface area contributed by atoms with Gasteiger partial charge in [0.25, 0.3) is 5.91 Å². The van der Waals surface area contributed by atoms with Crippen molar-refractivity contribution in [3.05, 3.63) is 23.8 Å². The molecule has 1 aromatic carbocycles. The minimum absolute atomic E-state index is 0.131. The van der Waals surface area contributed by atoms with Crippen molar-refractivity contribution in [2.45, 2.75) is 26.7 Å². The van der Waals surface area contributed by atoms with Crippen LogP contribution in [0.25, 0.3) is 0 Å². The third-order valence-electron chi connectivity index (χ3n) is 4.54. The molecule has 1 aromatic rings. The van der Waals surface area contributed by atoms with Crippen molar-refractivity contribution in [2.75, 3.05) is 40.4 Å². The van der Waals surface area contributed by atoms with Crippen LogP contribution in [-0.2, 0) is 0 Å². The average molecular weight is 334 g/mol. The molecule has 0 atom stereocenters. The molecule has 1 amide bonds. The van der Waals surface area contributed by atoms with Gasteiger partial charge in [0.05, 0.1) is 14.2 Å². The predicted molar refractivity (Wildman–Crippen MR) is 95.9 cm³/mol. The van der Waals surface area contributed by atoms with Gasteiger partial charge in [-0.1, -0.05) is 19.9 Å². The van der Waals surface area contributed by atoms with Crippen LogP contribution >= 0.6 is 0 Å². The van der Waals surface area contributed by atoms with Crippen LogP contribution in [0.15, 0.2) is 18.2 Å². The second kappa shape index (κ2) is 8.92. The Morgan fingerprint density at radius 3 is 2.29 bits per heavy atom. The number of carbonyl (C=O) groups excluding carboxylic acids is 1. The number of methoxy groups -OCH3 is 2. The molecule has 0 aromatic heterocycles. The lowest BCUT2D eigenvalue weighted by molar-refractivity contribution is 0.0928. The molecule has 2 rings (SSSR count). The number of nitrogens with one attached hydrogen (secondary N) is 1. The van der Waals surface area contributed by atoms with E-state index >= 15 is 0 Å². The van der Waals surface area contributed by atoms with E-state index in [4.69, 9.17) is 9.47 Å². The molecule has 0 saturated carbocycles. The SMILES string of the molecule is COc1cccc(OC)c1C(=O)NCC1CCN(CC(C)C)CC1. The first kappa shape index (κ1) is 18.6. The van der Waals surface area contributed by atoms with Crippen LogP contribution in [0.2, 0.25) is 0 Å². The minimum Gasteiger partial charge on any atom is -0.496 e. The van der Waals surface area contributed by atoms with Crippen molar-refractivity contribution >= 4 is 5.91 Å². The highest BCUT2D eigenvalue weighted by atomic mass is 16.5. The number of piperidine rings is 1. The molecule has 0 radical (unpaired) electrons. The van der Waals surface area contributed by atoms with E-state index < -0.39 is 0 Å². The van der Waals surface area contributed by atoms with Gasteiger partial charge in [-0.15, -0.1) is 0 Å². The van der Waals surface area contributed by atoms with Gasteiger partial charge in [-0.05, 0) is 49.9 Å².